The number of nitrogens with zero attached hydrogens (tertiary/aromatic N) is 2. The van der Waals surface area contributed by atoms with E-state index in [2.05, 4.69) is 5.10 Å². The number of methoxy groups -OCH3 is 1. The van der Waals surface area contributed by atoms with Gasteiger partial charge in [-0.1, -0.05) is 29.8 Å². The molecule has 0 bridgehead atoms. The van der Waals surface area contributed by atoms with E-state index in [1.165, 1.54) is 36.2 Å². The first-order chi connectivity index (χ1) is 12.8. The lowest BCUT2D eigenvalue weighted by Gasteiger charge is -2.11. The summed E-state index contributed by atoms with van der Waals surface area (Å²) < 4.78 is 33.4. The van der Waals surface area contributed by atoms with Crippen molar-refractivity contribution in [2.24, 2.45) is 0 Å². The molecule has 0 fully saturated rings. The lowest BCUT2D eigenvalue weighted by Crippen LogP contribution is -2.31. The van der Waals surface area contributed by atoms with Gasteiger partial charge in [-0.25, -0.2) is 9.40 Å². The van der Waals surface area contributed by atoms with Crippen molar-refractivity contribution in [3.05, 3.63) is 65.3 Å². The number of carbonyl (C=O) groups is 1. The van der Waals surface area contributed by atoms with Crippen molar-refractivity contribution >= 4 is 33.2 Å². The van der Waals surface area contributed by atoms with Crippen LogP contribution < -0.4 is 15.2 Å². The third-order valence-corrected chi connectivity index (χ3v) is 5.20. The first kappa shape index (κ1) is 18.7. The topological polar surface area (TPSA) is 116 Å². The summed E-state index contributed by atoms with van der Waals surface area (Å²) in [5.41, 5.74) is 6.48. The van der Waals surface area contributed by atoms with Gasteiger partial charge in [-0.2, -0.15) is 13.5 Å². The number of nitrogens with two attached hydrogens (primary N) is 1. The van der Waals surface area contributed by atoms with Crippen LogP contribution in [-0.2, 0) is 10.0 Å². The zero-order valence-corrected chi connectivity index (χ0v) is 15.7. The Labute approximate surface area is 160 Å². The lowest BCUT2D eigenvalue weighted by molar-refractivity contribution is 0.0978. The highest BCUT2D eigenvalue weighted by atomic mass is 35.5. The van der Waals surface area contributed by atoms with Crippen molar-refractivity contribution in [2.45, 2.75) is 5.03 Å². The minimum absolute atomic E-state index is 0.0669. The highest BCUT2D eigenvalue weighted by Gasteiger charge is 2.24. The molecule has 3 rings (SSSR count). The molecule has 0 saturated carbocycles. The smallest absolute Gasteiger partial charge is 0.283 e. The largest absolute Gasteiger partial charge is 0.496 e. The van der Waals surface area contributed by atoms with Crippen LogP contribution in [0.4, 0.5) is 5.69 Å². The number of nitrogens with one attached hydrogen (secondary N) is 1. The minimum Gasteiger partial charge on any atom is -0.496 e. The highest BCUT2D eigenvalue weighted by Crippen LogP contribution is 2.29. The average molecular weight is 407 g/mol. The molecule has 0 atom stereocenters. The molecule has 0 aliphatic carbocycles. The van der Waals surface area contributed by atoms with Gasteiger partial charge in [0.25, 0.3) is 15.9 Å². The second-order valence-electron chi connectivity index (χ2n) is 5.44. The molecule has 3 aromatic rings. The predicted octanol–water partition coefficient (Wildman–Crippen LogP) is 2.24. The SMILES string of the molecule is COc1cc(N)c(Cl)cc1C(=O)NS(=O)(=O)c1ccn(-c2ccccc2)n1. The second kappa shape index (κ2) is 7.29. The van der Waals surface area contributed by atoms with Gasteiger partial charge in [0, 0.05) is 12.3 Å². The van der Waals surface area contributed by atoms with E-state index in [-0.39, 0.29) is 27.0 Å². The van der Waals surface area contributed by atoms with E-state index < -0.39 is 15.9 Å². The van der Waals surface area contributed by atoms with Crippen LogP contribution in [0.25, 0.3) is 5.69 Å². The molecule has 0 saturated heterocycles. The van der Waals surface area contributed by atoms with E-state index in [0.717, 1.165) is 0 Å². The second-order valence-corrected chi connectivity index (χ2v) is 7.48. The van der Waals surface area contributed by atoms with Gasteiger partial charge < -0.3 is 10.5 Å². The van der Waals surface area contributed by atoms with Crippen molar-refractivity contribution in [3.8, 4) is 11.4 Å². The molecule has 0 unspecified atom stereocenters. The van der Waals surface area contributed by atoms with Crippen LogP contribution in [0.2, 0.25) is 5.02 Å². The Balaban J connectivity index is 1.88. The number of hydrogen-bond acceptors (Lipinski definition) is 6. The van der Waals surface area contributed by atoms with Crippen LogP contribution in [0.1, 0.15) is 10.4 Å². The molecule has 0 radical (unpaired) electrons. The molecule has 0 spiro atoms. The van der Waals surface area contributed by atoms with E-state index in [9.17, 15) is 13.2 Å². The highest BCUT2D eigenvalue weighted by molar-refractivity contribution is 7.90. The van der Waals surface area contributed by atoms with Gasteiger partial charge in [0.15, 0.2) is 5.03 Å². The number of halogens is 1. The number of hydrogen-bond donors (Lipinski definition) is 2. The van der Waals surface area contributed by atoms with Crippen molar-refractivity contribution in [1.82, 2.24) is 14.5 Å². The molecule has 140 valence electrons. The predicted molar refractivity (Wildman–Crippen MR) is 101 cm³/mol. The normalized spacial score (nSPS) is 11.2. The quantitative estimate of drug-likeness (QED) is 0.627. The summed E-state index contributed by atoms with van der Waals surface area (Å²) in [7, 11) is -2.88. The molecule has 8 nitrogen and oxygen atoms in total. The van der Waals surface area contributed by atoms with Crippen LogP contribution in [-0.4, -0.2) is 31.2 Å². The molecule has 1 amide bonds. The summed E-state index contributed by atoms with van der Waals surface area (Å²) in [6, 6.07) is 12.8. The van der Waals surface area contributed by atoms with Gasteiger partial charge in [-0.15, -0.1) is 0 Å². The number of para-hydroxylation sites is 1. The molecule has 1 heterocycles. The molecule has 10 heteroatoms. The van der Waals surface area contributed by atoms with E-state index >= 15 is 0 Å². The first-order valence-corrected chi connectivity index (χ1v) is 9.49. The molecule has 0 aliphatic rings. The number of ether oxygens (including phenoxy) is 1. The number of anilines is 1. The fraction of sp³-hybridized carbons (Fsp3) is 0.0588. The van der Waals surface area contributed by atoms with Gasteiger partial charge in [-0.3, -0.25) is 4.79 Å². The lowest BCUT2D eigenvalue weighted by atomic mass is 10.1. The molecule has 1 aromatic heterocycles. The molecule has 3 N–H and O–H groups in total. The average Bonchev–Trinajstić information content (AvgIpc) is 3.15. The summed E-state index contributed by atoms with van der Waals surface area (Å²) in [6.07, 6.45) is 1.48. The van der Waals surface area contributed by atoms with Gasteiger partial charge in [-0.05, 0) is 24.3 Å². The van der Waals surface area contributed by atoms with E-state index in [4.69, 9.17) is 22.1 Å². The van der Waals surface area contributed by atoms with Gasteiger partial charge in [0.05, 0.1) is 29.1 Å². The summed E-state index contributed by atoms with van der Waals surface area (Å²) in [5, 5.41) is 3.81. The van der Waals surface area contributed by atoms with Crippen molar-refractivity contribution < 1.29 is 17.9 Å². The van der Waals surface area contributed by atoms with E-state index in [1.807, 2.05) is 10.8 Å². The maximum atomic E-state index is 12.5. The monoisotopic (exact) mass is 406 g/mol. The molecule has 2 aromatic carbocycles. The van der Waals surface area contributed by atoms with Crippen LogP contribution in [0.15, 0.2) is 59.8 Å². The third-order valence-electron chi connectivity index (χ3n) is 3.65. The molecule has 27 heavy (non-hydrogen) atoms. The van der Waals surface area contributed by atoms with Crippen LogP contribution in [0.5, 0.6) is 5.75 Å². The van der Waals surface area contributed by atoms with E-state index in [0.29, 0.717) is 5.69 Å². The number of amides is 1. The van der Waals surface area contributed by atoms with Gasteiger partial charge in [0.2, 0.25) is 0 Å². The summed E-state index contributed by atoms with van der Waals surface area (Å²) in [6.45, 7) is 0. The number of carbonyl (C=O) groups excluding carboxylic acids is 1. The van der Waals surface area contributed by atoms with Crippen LogP contribution in [0, 0.1) is 0 Å². The number of sulfonamides is 1. The molecule has 0 aliphatic heterocycles. The number of rotatable bonds is 5. The van der Waals surface area contributed by atoms with Crippen molar-refractivity contribution in [2.75, 3.05) is 12.8 Å². The van der Waals surface area contributed by atoms with Crippen molar-refractivity contribution in [1.29, 1.82) is 0 Å². The summed E-state index contributed by atoms with van der Waals surface area (Å²) >= 11 is 5.92. The Morgan fingerprint density at radius 3 is 2.59 bits per heavy atom. The number of aromatic nitrogens is 2. The summed E-state index contributed by atoms with van der Waals surface area (Å²) in [5.74, 6) is -0.817. The maximum absolute atomic E-state index is 12.5. The minimum atomic E-state index is -4.20. The zero-order valence-electron chi connectivity index (χ0n) is 14.1. The van der Waals surface area contributed by atoms with Crippen LogP contribution >= 0.6 is 11.6 Å². The maximum Gasteiger partial charge on any atom is 0.283 e. The fourth-order valence-corrected chi connectivity index (χ4v) is 3.38. The standard InChI is InChI=1S/C17H15ClN4O4S/c1-26-15-10-14(19)13(18)9-12(15)17(23)21-27(24,25)16-7-8-22(20-16)11-5-3-2-4-6-11/h2-10H,19H2,1H3,(H,21,23). The number of benzene rings is 2. The Morgan fingerprint density at radius 2 is 1.93 bits per heavy atom. The third kappa shape index (κ3) is 3.88. The molecular formula is C17H15ClN4O4S. The summed E-state index contributed by atoms with van der Waals surface area (Å²) in [4.78, 5) is 12.4. The van der Waals surface area contributed by atoms with Crippen molar-refractivity contribution in [3.63, 3.8) is 0 Å². The fourth-order valence-electron chi connectivity index (χ4n) is 2.32. The zero-order chi connectivity index (χ0) is 19.6. The Bertz CT molecular complexity index is 1100. The number of nitrogen functional groups attached to an aromatic ring is 1. The molecular weight excluding hydrogens is 392 g/mol. The van der Waals surface area contributed by atoms with Crippen LogP contribution in [0.3, 0.4) is 0 Å². The van der Waals surface area contributed by atoms with Gasteiger partial charge in [0.1, 0.15) is 5.75 Å². The van der Waals surface area contributed by atoms with E-state index in [1.54, 1.807) is 24.3 Å². The Hall–Kier alpha value is -3.04. The Morgan fingerprint density at radius 1 is 1.22 bits per heavy atom. The Kier molecular flexibility index (Phi) is 5.06. The first-order valence-electron chi connectivity index (χ1n) is 7.63. The van der Waals surface area contributed by atoms with Gasteiger partial charge >= 0.3 is 0 Å².